The molecule has 2 heteroatoms. The molecule has 0 amide bonds. The summed E-state index contributed by atoms with van der Waals surface area (Å²) in [5.74, 6) is 2.60. The van der Waals surface area contributed by atoms with Gasteiger partial charge in [0.25, 0.3) is 0 Å². The molecule has 0 aromatic carbocycles. The van der Waals surface area contributed by atoms with Crippen molar-refractivity contribution in [2.75, 3.05) is 26.7 Å². The summed E-state index contributed by atoms with van der Waals surface area (Å²) >= 11 is 0. The van der Waals surface area contributed by atoms with Crippen molar-refractivity contribution in [2.24, 2.45) is 23.2 Å². The van der Waals surface area contributed by atoms with Crippen LogP contribution >= 0.6 is 0 Å². The molecule has 1 N–H and O–H groups in total. The van der Waals surface area contributed by atoms with Crippen LogP contribution in [0.1, 0.15) is 53.4 Å². The molecule has 4 atom stereocenters. The lowest BCUT2D eigenvalue weighted by Crippen LogP contribution is -2.50. The predicted octanol–water partition coefficient (Wildman–Crippen LogP) is 3.38. The monoisotopic (exact) mass is 266 g/mol. The quantitative estimate of drug-likeness (QED) is 0.842. The third-order valence-corrected chi connectivity index (χ3v) is 5.50. The number of nitrogens with one attached hydrogen (secondary N) is 1. The summed E-state index contributed by atoms with van der Waals surface area (Å²) in [6.07, 6.45) is 5.56. The summed E-state index contributed by atoms with van der Waals surface area (Å²) in [5, 5.41) is 3.60. The van der Waals surface area contributed by atoms with Crippen molar-refractivity contribution in [3.8, 4) is 0 Å². The van der Waals surface area contributed by atoms with Crippen molar-refractivity contribution in [2.45, 2.75) is 59.4 Å². The molecule has 0 bridgehead atoms. The van der Waals surface area contributed by atoms with E-state index in [1.165, 1.54) is 45.3 Å². The number of nitrogens with zero attached hydrogens (tertiary/aromatic N) is 1. The summed E-state index contributed by atoms with van der Waals surface area (Å²) in [4.78, 5) is 2.74. The van der Waals surface area contributed by atoms with Crippen LogP contribution in [0.4, 0.5) is 0 Å². The molecule has 112 valence electrons. The molecule has 2 nitrogen and oxygen atoms in total. The molecule has 1 saturated heterocycles. The van der Waals surface area contributed by atoms with E-state index in [2.05, 4.69) is 45.0 Å². The molecular formula is C17H34N2. The lowest BCUT2D eigenvalue weighted by Gasteiger charge is -2.45. The Kier molecular flexibility index (Phi) is 4.94. The summed E-state index contributed by atoms with van der Waals surface area (Å²) < 4.78 is 0. The van der Waals surface area contributed by atoms with Gasteiger partial charge in [0.1, 0.15) is 0 Å². The minimum Gasteiger partial charge on any atom is -0.317 e. The van der Waals surface area contributed by atoms with Gasteiger partial charge in [-0.1, -0.05) is 27.7 Å². The third kappa shape index (κ3) is 3.95. The van der Waals surface area contributed by atoms with Crippen molar-refractivity contribution in [3.05, 3.63) is 0 Å². The molecule has 0 aromatic heterocycles. The molecule has 1 aliphatic carbocycles. The molecule has 2 aliphatic rings. The van der Waals surface area contributed by atoms with Gasteiger partial charge >= 0.3 is 0 Å². The van der Waals surface area contributed by atoms with Crippen LogP contribution in [0.2, 0.25) is 0 Å². The first kappa shape index (κ1) is 15.3. The van der Waals surface area contributed by atoms with E-state index in [0.29, 0.717) is 5.41 Å². The highest BCUT2D eigenvalue weighted by Gasteiger charge is 2.36. The van der Waals surface area contributed by atoms with Crippen LogP contribution in [0.5, 0.6) is 0 Å². The normalized spacial score (nSPS) is 40.3. The Balaban J connectivity index is 1.96. The van der Waals surface area contributed by atoms with Crippen LogP contribution in [-0.2, 0) is 0 Å². The molecule has 19 heavy (non-hydrogen) atoms. The van der Waals surface area contributed by atoms with Crippen molar-refractivity contribution in [3.63, 3.8) is 0 Å². The largest absolute Gasteiger partial charge is 0.317 e. The van der Waals surface area contributed by atoms with Gasteiger partial charge in [-0.3, -0.25) is 0 Å². The fraction of sp³-hybridized carbons (Fsp3) is 1.00. The Morgan fingerprint density at radius 1 is 1.21 bits per heavy atom. The fourth-order valence-corrected chi connectivity index (χ4v) is 4.55. The van der Waals surface area contributed by atoms with Crippen molar-refractivity contribution in [1.82, 2.24) is 10.2 Å². The second-order valence-electron chi connectivity index (χ2n) is 8.12. The number of hydrogen-bond donors (Lipinski definition) is 1. The Labute approximate surface area is 120 Å². The lowest BCUT2D eigenvalue weighted by atomic mass is 9.71. The van der Waals surface area contributed by atoms with Gasteiger partial charge in [-0.2, -0.15) is 0 Å². The van der Waals surface area contributed by atoms with Crippen LogP contribution < -0.4 is 5.32 Å². The summed E-state index contributed by atoms with van der Waals surface area (Å²) in [6.45, 7) is 13.7. The second-order valence-corrected chi connectivity index (χ2v) is 8.12. The average Bonchev–Trinajstić information content (AvgIpc) is 2.31. The van der Waals surface area contributed by atoms with Gasteiger partial charge < -0.3 is 10.2 Å². The second kappa shape index (κ2) is 6.13. The van der Waals surface area contributed by atoms with Crippen LogP contribution in [0.3, 0.4) is 0 Å². The zero-order chi connectivity index (χ0) is 14.0. The summed E-state index contributed by atoms with van der Waals surface area (Å²) in [6, 6.07) is 0.726. The van der Waals surface area contributed by atoms with Gasteiger partial charge in [0.15, 0.2) is 0 Å². The van der Waals surface area contributed by atoms with E-state index >= 15 is 0 Å². The van der Waals surface area contributed by atoms with Gasteiger partial charge in [-0.05, 0) is 62.4 Å². The number of rotatable bonds is 3. The fourth-order valence-electron chi connectivity index (χ4n) is 4.55. The lowest BCUT2D eigenvalue weighted by molar-refractivity contribution is 0.0581. The van der Waals surface area contributed by atoms with Gasteiger partial charge in [-0.25, -0.2) is 0 Å². The number of likely N-dealkylation sites (tertiary alicyclic amines) is 1. The molecule has 1 aliphatic heterocycles. The van der Waals surface area contributed by atoms with E-state index in [4.69, 9.17) is 0 Å². The molecule has 1 heterocycles. The van der Waals surface area contributed by atoms with Gasteiger partial charge in [-0.15, -0.1) is 0 Å². The molecule has 4 unspecified atom stereocenters. The van der Waals surface area contributed by atoms with Crippen molar-refractivity contribution < 1.29 is 0 Å². The molecule has 1 saturated carbocycles. The SMILES string of the molecule is CNC1CC(C)CC(C)C1CN1CCCC(C)(C)C1. The van der Waals surface area contributed by atoms with Crippen LogP contribution in [0.25, 0.3) is 0 Å². The van der Waals surface area contributed by atoms with Crippen LogP contribution in [0, 0.1) is 23.2 Å². The minimum atomic E-state index is 0.526. The summed E-state index contributed by atoms with van der Waals surface area (Å²) in [5.41, 5.74) is 0.526. The molecule has 0 aromatic rings. The Morgan fingerprint density at radius 3 is 2.58 bits per heavy atom. The Morgan fingerprint density at radius 2 is 1.95 bits per heavy atom. The van der Waals surface area contributed by atoms with E-state index in [0.717, 1.165) is 23.8 Å². The maximum Gasteiger partial charge on any atom is 0.0110 e. The van der Waals surface area contributed by atoms with E-state index in [9.17, 15) is 0 Å². The van der Waals surface area contributed by atoms with Gasteiger partial charge in [0.05, 0.1) is 0 Å². The molecule has 2 rings (SSSR count). The van der Waals surface area contributed by atoms with Gasteiger partial charge in [0, 0.05) is 19.1 Å². The maximum atomic E-state index is 3.60. The molecule has 2 fully saturated rings. The smallest absolute Gasteiger partial charge is 0.0110 e. The highest BCUT2D eigenvalue weighted by Crippen LogP contribution is 2.36. The molecular weight excluding hydrogens is 232 g/mol. The van der Waals surface area contributed by atoms with E-state index in [1.54, 1.807) is 0 Å². The molecule has 0 radical (unpaired) electrons. The third-order valence-electron chi connectivity index (χ3n) is 5.50. The highest BCUT2D eigenvalue weighted by molar-refractivity contribution is 4.90. The molecule has 0 spiro atoms. The zero-order valence-electron chi connectivity index (χ0n) is 13.7. The number of piperidine rings is 1. The number of hydrogen-bond acceptors (Lipinski definition) is 2. The van der Waals surface area contributed by atoms with Crippen molar-refractivity contribution in [1.29, 1.82) is 0 Å². The minimum absolute atomic E-state index is 0.526. The van der Waals surface area contributed by atoms with E-state index < -0.39 is 0 Å². The standard InChI is InChI=1S/C17H34N2/c1-13-9-14(2)15(16(10-13)18-5)11-19-8-6-7-17(3,4)12-19/h13-16,18H,6-12H2,1-5H3. The zero-order valence-corrected chi connectivity index (χ0v) is 13.7. The highest BCUT2D eigenvalue weighted by atomic mass is 15.1. The summed E-state index contributed by atoms with van der Waals surface area (Å²) in [7, 11) is 2.16. The maximum absolute atomic E-state index is 3.60. The van der Waals surface area contributed by atoms with Crippen molar-refractivity contribution >= 4 is 0 Å². The van der Waals surface area contributed by atoms with E-state index in [1.807, 2.05) is 0 Å². The Hall–Kier alpha value is -0.0800. The van der Waals surface area contributed by atoms with Crippen LogP contribution in [0.15, 0.2) is 0 Å². The average molecular weight is 266 g/mol. The Bertz CT molecular complexity index is 287. The first-order valence-electron chi connectivity index (χ1n) is 8.31. The first-order chi connectivity index (χ1) is 8.91. The first-order valence-corrected chi connectivity index (χ1v) is 8.31. The van der Waals surface area contributed by atoms with E-state index in [-0.39, 0.29) is 0 Å². The predicted molar refractivity (Wildman–Crippen MR) is 83.4 cm³/mol. The topological polar surface area (TPSA) is 15.3 Å². The van der Waals surface area contributed by atoms with Crippen LogP contribution in [-0.4, -0.2) is 37.6 Å². The van der Waals surface area contributed by atoms with Gasteiger partial charge in [0.2, 0.25) is 0 Å².